The second kappa shape index (κ2) is 8.99. The molecule has 2 amide bonds. The van der Waals surface area contributed by atoms with Gasteiger partial charge in [-0.1, -0.05) is 26.7 Å². The molecule has 1 aromatic carbocycles. The van der Waals surface area contributed by atoms with Gasteiger partial charge in [0.25, 0.3) is 5.91 Å². The van der Waals surface area contributed by atoms with Gasteiger partial charge in [0.05, 0.1) is 23.1 Å². The molecule has 0 saturated heterocycles. The maximum absolute atomic E-state index is 13.2. The molecule has 0 atom stereocenters. The minimum absolute atomic E-state index is 0.0513. The van der Waals surface area contributed by atoms with E-state index >= 15 is 0 Å². The molecular weight excluding hydrogens is 359 g/mol. The van der Waals surface area contributed by atoms with Gasteiger partial charge < -0.3 is 10.6 Å². The molecule has 0 radical (unpaired) electrons. The Balaban J connectivity index is 1.61. The summed E-state index contributed by atoms with van der Waals surface area (Å²) in [6, 6.07) is 6.00. The van der Waals surface area contributed by atoms with E-state index in [0.29, 0.717) is 24.3 Å². The van der Waals surface area contributed by atoms with Gasteiger partial charge in [-0.3, -0.25) is 9.59 Å². The van der Waals surface area contributed by atoms with Crippen LogP contribution >= 0.6 is 0 Å². The number of benzene rings is 1. The quantitative estimate of drug-likeness (QED) is 0.718. The van der Waals surface area contributed by atoms with Gasteiger partial charge >= 0.3 is 0 Å². The van der Waals surface area contributed by atoms with Crippen molar-refractivity contribution in [2.24, 2.45) is 5.92 Å². The van der Waals surface area contributed by atoms with E-state index in [1.807, 2.05) is 13.8 Å². The minimum atomic E-state index is -0.320. The highest BCUT2D eigenvalue weighted by Crippen LogP contribution is 2.25. The van der Waals surface area contributed by atoms with Gasteiger partial charge in [0.2, 0.25) is 5.91 Å². The van der Waals surface area contributed by atoms with Crippen molar-refractivity contribution < 1.29 is 14.0 Å². The van der Waals surface area contributed by atoms with Crippen LogP contribution in [0.4, 0.5) is 4.39 Å². The summed E-state index contributed by atoms with van der Waals surface area (Å²) in [6.07, 6.45) is 5.68. The molecule has 150 valence electrons. The fourth-order valence-electron chi connectivity index (χ4n) is 3.67. The van der Waals surface area contributed by atoms with Crippen LogP contribution in [0.15, 0.2) is 30.5 Å². The zero-order valence-electron chi connectivity index (χ0n) is 16.4. The van der Waals surface area contributed by atoms with Crippen molar-refractivity contribution in [1.82, 2.24) is 20.4 Å². The summed E-state index contributed by atoms with van der Waals surface area (Å²) >= 11 is 0. The van der Waals surface area contributed by atoms with Gasteiger partial charge in [-0.05, 0) is 43.0 Å². The number of rotatable bonds is 7. The first-order valence-corrected chi connectivity index (χ1v) is 9.87. The van der Waals surface area contributed by atoms with E-state index in [1.54, 1.807) is 16.8 Å². The number of hydrogen-bond acceptors (Lipinski definition) is 3. The van der Waals surface area contributed by atoms with Crippen molar-refractivity contribution in [3.05, 3.63) is 47.5 Å². The molecule has 28 heavy (non-hydrogen) atoms. The summed E-state index contributed by atoms with van der Waals surface area (Å²) in [5, 5.41) is 10.1. The van der Waals surface area contributed by atoms with E-state index in [4.69, 9.17) is 0 Å². The smallest absolute Gasteiger partial charge is 0.254 e. The van der Waals surface area contributed by atoms with Gasteiger partial charge in [-0.15, -0.1) is 0 Å². The van der Waals surface area contributed by atoms with Crippen molar-refractivity contribution in [3.63, 3.8) is 0 Å². The molecule has 2 N–H and O–H groups in total. The lowest BCUT2D eigenvalue weighted by Crippen LogP contribution is -2.37. The number of aromatic nitrogens is 2. The summed E-state index contributed by atoms with van der Waals surface area (Å²) in [6.45, 7) is 4.73. The summed E-state index contributed by atoms with van der Waals surface area (Å²) in [5.41, 5.74) is 1.95. The Kier molecular flexibility index (Phi) is 6.44. The maximum atomic E-state index is 13.2. The third kappa shape index (κ3) is 4.58. The molecule has 0 unspecified atom stereocenters. The summed E-state index contributed by atoms with van der Waals surface area (Å²) in [5.74, 6) is -0.293. The van der Waals surface area contributed by atoms with Crippen LogP contribution in [-0.4, -0.2) is 34.7 Å². The molecule has 6 nitrogen and oxygen atoms in total. The van der Waals surface area contributed by atoms with E-state index < -0.39 is 0 Å². The Morgan fingerprint density at radius 3 is 2.43 bits per heavy atom. The Morgan fingerprint density at radius 2 is 1.79 bits per heavy atom. The van der Waals surface area contributed by atoms with Crippen molar-refractivity contribution >= 4 is 11.8 Å². The second-order valence-corrected chi connectivity index (χ2v) is 7.51. The molecule has 1 fully saturated rings. The van der Waals surface area contributed by atoms with Gasteiger partial charge in [-0.2, -0.15) is 5.10 Å². The highest BCUT2D eigenvalue weighted by atomic mass is 19.1. The monoisotopic (exact) mass is 386 g/mol. The summed E-state index contributed by atoms with van der Waals surface area (Å²) in [4.78, 5) is 24.7. The molecule has 7 heteroatoms. The Morgan fingerprint density at radius 1 is 1.14 bits per heavy atom. The highest BCUT2D eigenvalue weighted by molar-refractivity contribution is 5.95. The third-order valence-corrected chi connectivity index (χ3v) is 5.10. The molecule has 1 heterocycles. The number of hydrogen-bond donors (Lipinski definition) is 2. The standard InChI is InChI=1S/C21H27FN4O2/c1-14(2)19-18(13-25-26(19)17-9-7-16(22)8-10-17)21(28)24-12-11-23-20(27)15-5-3-4-6-15/h7-10,13-15H,3-6,11-12H2,1-2H3,(H,23,27)(H,24,28). The first-order chi connectivity index (χ1) is 13.5. The van der Waals surface area contributed by atoms with Crippen LogP contribution < -0.4 is 10.6 Å². The first-order valence-electron chi connectivity index (χ1n) is 9.87. The molecule has 1 aliphatic rings. The molecule has 1 aromatic heterocycles. The number of carbonyl (C=O) groups excluding carboxylic acids is 2. The van der Waals surface area contributed by atoms with Crippen LogP contribution in [0.1, 0.15) is 61.5 Å². The fraction of sp³-hybridized carbons (Fsp3) is 0.476. The normalized spacial score (nSPS) is 14.4. The zero-order valence-corrected chi connectivity index (χ0v) is 16.4. The summed E-state index contributed by atoms with van der Waals surface area (Å²) in [7, 11) is 0. The molecule has 1 saturated carbocycles. The largest absolute Gasteiger partial charge is 0.354 e. The predicted molar refractivity (Wildman–Crippen MR) is 105 cm³/mol. The van der Waals surface area contributed by atoms with E-state index in [1.165, 1.54) is 18.3 Å². The Hall–Kier alpha value is -2.70. The van der Waals surface area contributed by atoms with Crippen molar-refractivity contribution in [2.75, 3.05) is 13.1 Å². The van der Waals surface area contributed by atoms with Crippen LogP contribution in [0.5, 0.6) is 0 Å². The molecule has 0 spiro atoms. The van der Waals surface area contributed by atoms with Gasteiger partial charge in [0.1, 0.15) is 5.82 Å². The lowest BCUT2D eigenvalue weighted by molar-refractivity contribution is -0.124. The van der Waals surface area contributed by atoms with Crippen LogP contribution in [0.3, 0.4) is 0 Å². The lowest BCUT2D eigenvalue weighted by atomic mass is 10.0. The van der Waals surface area contributed by atoms with Gasteiger partial charge in [-0.25, -0.2) is 9.07 Å². The summed E-state index contributed by atoms with van der Waals surface area (Å²) < 4.78 is 14.9. The predicted octanol–water partition coefficient (Wildman–Crippen LogP) is 3.17. The topological polar surface area (TPSA) is 76.0 Å². The highest BCUT2D eigenvalue weighted by Gasteiger charge is 2.23. The Labute approximate surface area is 164 Å². The third-order valence-electron chi connectivity index (χ3n) is 5.10. The van der Waals surface area contributed by atoms with Crippen LogP contribution in [0.2, 0.25) is 0 Å². The van der Waals surface area contributed by atoms with E-state index in [-0.39, 0.29) is 29.5 Å². The lowest BCUT2D eigenvalue weighted by Gasteiger charge is -2.13. The number of carbonyl (C=O) groups is 2. The van der Waals surface area contributed by atoms with Crippen molar-refractivity contribution in [1.29, 1.82) is 0 Å². The number of nitrogens with one attached hydrogen (secondary N) is 2. The Bertz CT molecular complexity index is 823. The average molecular weight is 386 g/mol. The molecule has 1 aliphatic carbocycles. The second-order valence-electron chi connectivity index (χ2n) is 7.51. The fourth-order valence-corrected chi connectivity index (χ4v) is 3.67. The molecule has 0 bridgehead atoms. The molecular formula is C21H27FN4O2. The van der Waals surface area contributed by atoms with Gasteiger partial charge in [0, 0.05) is 19.0 Å². The van der Waals surface area contributed by atoms with Crippen LogP contribution in [0, 0.1) is 11.7 Å². The first kappa shape index (κ1) is 20.0. The molecule has 2 aromatic rings. The van der Waals surface area contributed by atoms with Crippen molar-refractivity contribution in [3.8, 4) is 5.69 Å². The minimum Gasteiger partial charge on any atom is -0.354 e. The van der Waals surface area contributed by atoms with Gasteiger partial charge in [0.15, 0.2) is 0 Å². The maximum Gasteiger partial charge on any atom is 0.254 e. The number of nitrogens with zero attached hydrogens (tertiary/aromatic N) is 2. The average Bonchev–Trinajstić information content (AvgIpc) is 3.35. The zero-order chi connectivity index (χ0) is 20.1. The number of halogens is 1. The van der Waals surface area contributed by atoms with Crippen LogP contribution in [0.25, 0.3) is 5.69 Å². The molecule has 3 rings (SSSR count). The van der Waals surface area contributed by atoms with Crippen molar-refractivity contribution in [2.45, 2.75) is 45.4 Å². The van der Waals surface area contributed by atoms with E-state index in [0.717, 1.165) is 31.4 Å². The van der Waals surface area contributed by atoms with E-state index in [2.05, 4.69) is 15.7 Å². The molecule has 0 aliphatic heterocycles. The number of amides is 2. The SMILES string of the molecule is CC(C)c1c(C(=O)NCCNC(=O)C2CCCC2)cnn1-c1ccc(F)cc1. The van der Waals surface area contributed by atoms with Crippen LogP contribution in [-0.2, 0) is 4.79 Å². The van der Waals surface area contributed by atoms with E-state index in [9.17, 15) is 14.0 Å².